The number of ether oxygens (including phenoxy) is 1. The second-order valence-corrected chi connectivity index (χ2v) is 6.19. The largest absolute Gasteiger partial charge is 0.496 e. The molecule has 0 saturated heterocycles. The maximum atomic E-state index is 5.51. The predicted molar refractivity (Wildman–Crippen MR) is 90.1 cm³/mol. The van der Waals surface area contributed by atoms with Crippen LogP contribution in [0.15, 0.2) is 18.2 Å². The molecule has 21 heavy (non-hydrogen) atoms. The van der Waals surface area contributed by atoms with Crippen LogP contribution < -0.4 is 10.1 Å². The summed E-state index contributed by atoms with van der Waals surface area (Å²) in [6, 6.07) is 7.02. The van der Waals surface area contributed by atoms with Crippen LogP contribution in [0.3, 0.4) is 0 Å². The van der Waals surface area contributed by atoms with Gasteiger partial charge < -0.3 is 10.1 Å². The monoisotopic (exact) mass is 289 g/mol. The molecule has 1 heterocycles. The van der Waals surface area contributed by atoms with Crippen molar-refractivity contribution in [3.63, 3.8) is 0 Å². The Bertz CT molecular complexity index is 416. The Kier molecular flexibility index (Phi) is 7.08. The van der Waals surface area contributed by atoms with Crippen molar-refractivity contribution in [2.75, 3.05) is 13.7 Å². The molecular formula is C19H31NO. The Hall–Kier alpha value is -1.02. The number of methoxy groups -OCH3 is 1. The van der Waals surface area contributed by atoms with Gasteiger partial charge in [0.2, 0.25) is 0 Å². The van der Waals surface area contributed by atoms with Gasteiger partial charge in [-0.05, 0) is 31.0 Å². The van der Waals surface area contributed by atoms with Gasteiger partial charge in [-0.3, -0.25) is 0 Å². The summed E-state index contributed by atoms with van der Waals surface area (Å²) in [5.74, 6) is 1.07. The van der Waals surface area contributed by atoms with Crippen molar-refractivity contribution in [2.24, 2.45) is 0 Å². The molecule has 1 aromatic rings. The van der Waals surface area contributed by atoms with E-state index in [4.69, 9.17) is 4.74 Å². The summed E-state index contributed by atoms with van der Waals surface area (Å²) in [5.41, 5.74) is 2.89. The third-order valence-corrected chi connectivity index (χ3v) is 4.63. The van der Waals surface area contributed by atoms with Gasteiger partial charge in [-0.1, -0.05) is 64.0 Å². The molecular weight excluding hydrogens is 258 g/mol. The average Bonchev–Trinajstić information content (AvgIpc) is 2.53. The first-order valence-corrected chi connectivity index (χ1v) is 8.76. The number of benzene rings is 1. The molecule has 0 amide bonds. The van der Waals surface area contributed by atoms with E-state index in [1.54, 1.807) is 7.11 Å². The first-order valence-electron chi connectivity index (χ1n) is 8.76. The van der Waals surface area contributed by atoms with Gasteiger partial charge in [0.1, 0.15) is 5.75 Å². The lowest BCUT2D eigenvalue weighted by molar-refractivity contribution is 0.395. The van der Waals surface area contributed by atoms with Crippen molar-refractivity contribution < 1.29 is 4.74 Å². The molecule has 1 aromatic carbocycles. The molecule has 1 unspecified atom stereocenters. The van der Waals surface area contributed by atoms with E-state index in [0.717, 1.165) is 18.7 Å². The van der Waals surface area contributed by atoms with Crippen LogP contribution in [-0.2, 0) is 6.42 Å². The van der Waals surface area contributed by atoms with Crippen molar-refractivity contribution in [1.29, 1.82) is 0 Å². The molecule has 1 aliphatic heterocycles. The van der Waals surface area contributed by atoms with Crippen LogP contribution >= 0.6 is 0 Å². The molecule has 0 bridgehead atoms. The summed E-state index contributed by atoms with van der Waals surface area (Å²) in [6.45, 7) is 3.36. The summed E-state index contributed by atoms with van der Waals surface area (Å²) < 4.78 is 5.51. The summed E-state index contributed by atoms with van der Waals surface area (Å²) in [7, 11) is 1.78. The molecule has 0 saturated carbocycles. The van der Waals surface area contributed by atoms with E-state index >= 15 is 0 Å². The molecule has 2 rings (SSSR count). The minimum atomic E-state index is 0.527. The maximum Gasteiger partial charge on any atom is 0.122 e. The first kappa shape index (κ1) is 16.4. The minimum absolute atomic E-state index is 0.527. The number of nitrogens with one attached hydrogen (secondary N) is 1. The Morgan fingerprint density at radius 2 is 1.86 bits per heavy atom. The van der Waals surface area contributed by atoms with Gasteiger partial charge in [-0.15, -0.1) is 0 Å². The van der Waals surface area contributed by atoms with E-state index in [0.29, 0.717) is 6.04 Å². The number of hydrogen-bond acceptors (Lipinski definition) is 2. The van der Waals surface area contributed by atoms with Crippen molar-refractivity contribution in [1.82, 2.24) is 5.32 Å². The quantitative estimate of drug-likeness (QED) is 0.644. The zero-order chi connectivity index (χ0) is 14.9. The van der Waals surface area contributed by atoms with E-state index in [1.807, 2.05) is 0 Å². The smallest absolute Gasteiger partial charge is 0.122 e. The fourth-order valence-corrected chi connectivity index (χ4v) is 3.41. The van der Waals surface area contributed by atoms with E-state index in [9.17, 15) is 0 Å². The van der Waals surface area contributed by atoms with Crippen molar-refractivity contribution >= 4 is 0 Å². The van der Waals surface area contributed by atoms with E-state index < -0.39 is 0 Å². The summed E-state index contributed by atoms with van der Waals surface area (Å²) in [5, 5.41) is 3.68. The van der Waals surface area contributed by atoms with E-state index in [-0.39, 0.29) is 0 Å². The standard InChI is InChI=1S/C19H31NO/c1-3-4-5-6-7-8-9-12-18-16-11-10-13-19(21-2)17(16)14-15-20-18/h10-11,13,18,20H,3-9,12,14-15H2,1-2H3. The lowest BCUT2D eigenvalue weighted by Gasteiger charge is -2.28. The summed E-state index contributed by atoms with van der Waals surface area (Å²) in [6.07, 6.45) is 12.0. The molecule has 0 aliphatic carbocycles. The predicted octanol–water partition coefficient (Wildman–Crippen LogP) is 5.02. The van der Waals surface area contributed by atoms with Crippen LogP contribution in [0.2, 0.25) is 0 Å². The Labute approximate surface area is 130 Å². The normalized spacial score (nSPS) is 17.5. The second-order valence-electron chi connectivity index (χ2n) is 6.19. The molecule has 118 valence electrons. The number of fused-ring (bicyclic) bond motifs is 1. The fraction of sp³-hybridized carbons (Fsp3) is 0.684. The Balaban J connectivity index is 1.78. The zero-order valence-electron chi connectivity index (χ0n) is 13.8. The average molecular weight is 289 g/mol. The first-order chi connectivity index (χ1) is 10.4. The second kappa shape index (κ2) is 9.09. The van der Waals surface area contributed by atoms with Crippen molar-refractivity contribution in [2.45, 2.75) is 70.8 Å². The number of rotatable bonds is 9. The van der Waals surface area contributed by atoms with Gasteiger partial charge >= 0.3 is 0 Å². The van der Waals surface area contributed by atoms with Gasteiger partial charge in [-0.2, -0.15) is 0 Å². The number of hydrogen-bond donors (Lipinski definition) is 1. The summed E-state index contributed by atoms with van der Waals surface area (Å²) in [4.78, 5) is 0. The van der Waals surface area contributed by atoms with Crippen LogP contribution in [0.1, 0.15) is 75.5 Å². The van der Waals surface area contributed by atoms with Gasteiger partial charge in [0.15, 0.2) is 0 Å². The third-order valence-electron chi connectivity index (χ3n) is 4.63. The van der Waals surface area contributed by atoms with Gasteiger partial charge in [-0.25, -0.2) is 0 Å². The topological polar surface area (TPSA) is 21.3 Å². The molecule has 2 heteroatoms. The van der Waals surface area contributed by atoms with Crippen LogP contribution in [-0.4, -0.2) is 13.7 Å². The van der Waals surface area contributed by atoms with E-state index in [1.165, 1.54) is 62.5 Å². The van der Waals surface area contributed by atoms with Crippen molar-refractivity contribution in [3.8, 4) is 5.75 Å². The molecule has 1 N–H and O–H groups in total. The lowest BCUT2D eigenvalue weighted by Crippen LogP contribution is -2.30. The fourth-order valence-electron chi connectivity index (χ4n) is 3.41. The zero-order valence-corrected chi connectivity index (χ0v) is 13.8. The molecule has 1 aliphatic rings. The highest BCUT2D eigenvalue weighted by molar-refractivity contribution is 5.43. The molecule has 0 spiro atoms. The van der Waals surface area contributed by atoms with Gasteiger partial charge in [0, 0.05) is 11.6 Å². The third kappa shape index (κ3) is 4.74. The van der Waals surface area contributed by atoms with E-state index in [2.05, 4.69) is 30.4 Å². The molecule has 1 atom stereocenters. The van der Waals surface area contributed by atoms with Gasteiger partial charge in [0.25, 0.3) is 0 Å². The molecule has 0 aromatic heterocycles. The summed E-state index contributed by atoms with van der Waals surface area (Å²) >= 11 is 0. The van der Waals surface area contributed by atoms with Crippen LogP contribution in [0, 0.1) is 0 Å². The maximum absolute atomic E-state index is 5.51. The highest BCUT2D eigenvalue weighted by atomic mass is 16.5. The van der Waals surface area contributed by atoms with Gasteiger partial charge in [0.05, 0.1) is 7.11 Å². The number of unbranched alkanes of at least 4 members (excludes halogenated alkanes) is 6. The molecule has 2 nitrogen and oxygen atoms in total. The molecule has 0 fully saturated rings. The SMILES string of the molecule is CCCCCCCCCC1NCCc2c(OC)cccc21. The van der Waals surface area contributed by atoms with Crippen LogP contribution in [0.5, 0.6) is 5.75 Å². The minimum Gasteiger partial charge on any atom is -0.496 e. The lowest BCUT2D eigenvalue weighted by atomic mass is 9.90. The highest BCUT2D eigenvalue weighted by Gasteiger charge is 2.21. The Morgan fingerprint density at radius 1 is 1.10 bits per heavy atom. The van der Waals surface area contributed by atoms with Crippen molar-refractivity contribution in [3.05, 3.63) is 29.3 Å². The molecule has 0 radical (unpaired) electrons. The van der Waals surface area contributed by atoms with Crippen LogP contribution in [0.4, 0.5) is 0 Å². The van der Waals surface area contributed by atoms with Crippen LogP contribution in [0.25, 0.3) is 0 Å². The Morgan fingerprint density at radius 3 is 2.62 bits per heavy atom. The highest BCUT2D eigenvalue weighted by Crippen LogP contribution is 2.32.